The summed E-state index contributed by atoms with van der Waals surface area (Å²) in [6, 6.07) is 21.1. The number of nitrogens with one attached hydrogen (secondary N) is 1. The van der Waals surface area contributed by atoms with Crippen LogP contribution in [0.1, 0.15) is 21.5 Å². The van der Waals surface area contributed by atoms with Crippen LogP contribution in [0.25, 0.3) is 6.08 Å². The Balaban J connectivity index is 1.51. The molecule has 0 saturated carbocycles. The lowest BCUT2D eigenvalue weighted by atomic mass is 10.2. The number of nitro benzene ring substituents is 1. The third-order valence-electron chi connectivity index (χ3n) is 4.03. The number of carbonyl (C=O) groups excluding carboxylic acids is 2. The van der Waals surface area contributed by atoms with Crippen molar-refractivity contribution in [3.63, 3.8) is 0 Å². The van der Waals surface area contributed by atoms with E-state index in [9.17, 15) is 19.7 Å². The second kappa shape index (κ2) is 10.3. The Morgan fingerprint density at radius 1 is 0.903 bits per heavy atom. The molecule has 0 spiro atoms. The van der Waals surface area contributed by atoms with E-state index in [1.54, 1.807) is 30.3 Å². The molecule has 3 rings (SSSR count). The van der Waals surface area contributed by atoms with Gasteiger partial charge in [0.15, 0.2) is 0 Å². The molecule has 0 aromatic heterocycles. The van der Waals surface area contributed by atoms with Gasteiger partial charge in [-0.2, -0.15) is 5.10 Å². The minimum absolute atomic E-state index is 0.101. The highest BCUT2D eigenvalue weighted by molar-refractivity contribution is 5.95. The van der Waals surface area contributed by atoms with Crippen LogP contribution in [-0.2, 0) is 4.79 Å². The summed E-state index contributed by atoms with van der Waals surface area (Å²) in [6.45, 7) is 0. The molecule has 0 unspecified atom stereocenters. The number of rotatable bonds is 7. The smallest absolute Gasteiger partial charge is 0.336 e. The lowest BCUT2D eigenvalue weighted by molar-refractivity contribution is -0.384. The molecule has 0 fully saturated rings. The first-order valence-corrected chi connectivity index (χ1v) is 9.14. The fourth-order valence-electron chi connectivity index (χ4n) is 2.47. The minimum Gasteiger partial charge on any atom is -0.423 e. The second-order valence-electron chi connectivity index (χ2n) is 6.24. The maximum absolute atomic E-state index is 12.0. The Morgan fingerprint density at radius 2 is 1.58 bits per heavy atom. The number of carbonyl (C=O) groups is 2. The van der Waals surface area contributed by atoms with E-state index in [0.717, 1.165) is 5.56 Å². The van der Waals surface area contributed by atoms with E-state index in [1.165, 1.54) is 36.6 Å². The number of esters is 1. The molecule has 0 radical (unpaired) electrons. The van der Waals surface area contributed by atoms with Gasteiger partial charge >= 0.3 is 5.97 Å². The van der Waals surface area contributed by atoms with Gasteiger partial charge in [0.05, 0.1) is 11.1 Å². The van der Waals surface area contributed by atoms with Gasteiger partial charge in [-0.15, -0.1) is 0 Å². The number of hydrogen-bond donors (Lipinski definition) is 1. The molecule has 0 aliphatic carbocycles. The average Bonchev–Trinajstić information content (AvgIpc) is 2.79. The lowest BCUT2D eigenvalue weighted by Crippen LogP contribution is -2.17. The molecule has 3 aromatic rings. The Morgan fingerprint density at radius 3 is 2.23 bits per heavy atom. The van der Waals surface area contributed by atoms with Crippen LogP contribution in [0.15, 0.2) is 90.0 Å². The Hall–Kier alpha value is -4.59. The maximum atomic E-state index is 12.0. The average molecular weight is 415 g/mol. The topological polar surface area (TPSA) is 111 Å². The summed E-state index contributed by atoms with van der Waals surface area (Å²) in [6.07, 6.45) is 4.43. The third-order valence-corrected chi connectivity index (χ3v) is 4.03. The summed E-state index contributed by atoms with van der Waals surface area (Å²) in [5, 5.41) is 14.5. The van der Waals surface area contributed by atoms with E-state index in [4.69, 9.17) is 4.74 Å². The van der Waals surface area contributed by atoms with Crippen molar-refractivity contribution in [2.75, 3.05) is 0 Å². The summed E-state index contributed by atoms with van der Waals surface area (Å²) in [7, 11) is 0. The molecule has 31 heavy (non-hydrogen) atoms. The van der Waals surface area contributed by atoms with Gasteiger partial charge in [-0.05, 0) is 53.6 Å². The largest absolute Gasteiger partial charge is 0.423 e. The third kappa shape index (κ3) is 6.47. The van der Waals surface area contributed by atoms with Gasteiger partial charge in [0.25, 0.3) is 11.6 Å². The SMILES string of the molecule is O=C(C=Cc1ccccc1)Oc1ccc(C=NNC(=O)c2ccc([N+](=O)[O-])cc2)cc1. The zero-order valence-electron chi connectivity index (χ0n) is 16.2. The monoisotopic (exact) mass is 415 g/mol. The molecule has 1 amide bonds. The van der Waals surface area contributed by atoms with Gasteiger partial charge < -0.3 is 4.74 Å². The highest BCUT2D eigenvalue weighted by Gasteiger charge is 2.08. The number of non-ortho nitro benzene ring substituents is 1. The van der Waals surface area contributed by atoms with Crippen LogP contribution >= 0.6 is 0 Å². The quantitative estimate of drug-likeness (QED) is 0.157. The number of ether oxygens (including phenoxy) is 1. The van der Waals surface area contributed by atoms with Gasteiger partial charge in [0, 0.05) is 23.8 Å². The number of hydrazone groups is 1. The molecule has 0 aliphatic heterocycles. The summed E-state index contributed by atoms with van der Waals surface area (Å²) >= 11 is 0. The molecule has 8 nitrogen and oxygen atoms in total. The van der Waals surface area contributed by atoms with E-state index < -0.39 is 16.8 Å². The molecule has 0 heterocycles. The van der Waals surface area contributed by atoms with Gasteiger partial charge in [0.2, 0.25) is 0 Å². The van der Waals surface area contributed by atoms with Crippen molar-refractivity contribution in [1.82, 2.24) is 5.43 Å². The highest BCUT2D eigenvalue weighted by atomic mass is 16.6. The number of amides is 1. The summed E-state index contributed by atoms with van der Waals surface area (Å²) in [5.41, 5.74) is 4.05. The van der Waals surface area contributed by atoms with Crippen LogP contribution in [0.5, 0.6) is 5.75 Å². The predicted octanol–water partition coefficient (Wildman–Crippen LogP) is 3.98. The Kier molecular flexibility index (Phi) is 6.99. The molecule has 154 valence electrons. The Bertz CT molecular complexity index is 1120. The van der Waals surface area contributed by atoms with Gasteiger partial charge in [-0.25, -0.2) is 10.2 Å². The van der Waals surface area contributed by atoms with Crippen LogP contribution in [0, 0.1) is 10.1 Å². The fraction of sp³-hybridized carbons (Fsp3) is 0. The number of hydrogen-bond acceptors (Lipinski definition) is 6. The van der Waals surface area contributed by atoms with Gasteiger partial charge in [-0.3, -0.25) is 14.9 Å². The second-order valence-corrected chi connectivity index (χ2v) is 6.24. The zero-order valence-corrected chi connectivity index (χ0v) is 16.2. The van der Waals surface area contributed by atoms with E-state index in [1.807, 2.05) is 30.3 Å². The first-order valence-electron chi connectivity index (χ1n) is 9.14. The maximum Gasteiger partial charge on any atom is 0.336 e. The van der Waals surface area contributed by atoms with Crippen molar-refractivity contribution in [1.29, 1.82) is 0 Å². The minimum atomic E-state index is -0.541. The van der Waals surface area contributed by atoms with E-state index in [0.29, 0.717) is 11.3 Å². The van der Waals surface area contributed by atoms with E-state index >= 15 is 0 Å². The van der Waals surface area contributed by atoms with Crippen molar-refractivity contribution in [2.24, 2.45) is 5.10 Å². The number of nitro groups is 1. The van der Waals surface area contributed by atoms with Crippen LogP contribution in [0.4, 0.5) is 5.69 Å². The van der Waals surface area contributed by atoms with Crippen molar-refractivity contribution in [3.05, 3.63) is 112 Å². The molecule has 0 aliphatic rings. The number of benzene rings is 3. The fourth-order valence-corrected chi connectivity index (χ4v) is 2.47. The van der Waals surface area contributed by atoms with Gasteiger partial charge in [-0.1, -0.05) is 30.3 Å². The van der Waals surface area contributed by atoms with Crippen LogP contribution in [0.2, 0.25) is 0 Å². The molecule has 0 bridgehead atoms. The first kappa shape index (κ1) is 21.1. The summed E-state index contributed by atoms with van der Waals surface area (Å²) in [4.78, 5) is 34.0. The van der Waals surface area contributed by atoms with Crippen LogP contribution in [-0.4, -0.2) is 23.0 Å². The van der Waals surface area contributed by atoms with Crippen molar-refractivity contribution in [3.8, 4) is 5.75 Å². The lowest BCUT2D eigenvalue weighted by Gasteiger charge is -2.02. The molecule has 1 N–H and O–H groups in total. The molecule has 3 aromatic carbocycles. The van der Waals surface area contributed by atoms with E-state index in [2.05, 4.69) is 10.5 Å². The van der Waals surface area contributed by atoms with Crippen LogP contribution in [0.3, 0.4) is 0 Å². The number of nitrogens with zero attached hydrogens (tertiary/aromatic N) is 2. The molecule has 0 atom stereocenters. The van der Waals surface area contributed by atoms with Crippen molar-refractivity contribution >= 4 is 29.9 Å². The van der Waals surface area contributed by atoms with Crippen molar-refractivity contribution < 1.29 is 19.2 Å². The predicted molar refractivity (Wildman–Crippen MR) is 116 cm³/mol. The molecule has 8 heteroatoms. The standard InChI is InChI=1S/C23H17N3O5/c27-22(15-8-17-4-2-1-3-5-17)31-21-13-6-18(7-14-21)16-24-25-23(28)19-9-11-20(12-10-19)26(29)30/h1-16H,(H,25,28). The molecular formula is C23H17N3O5. The normalized spacial score (nSPS) is 10.8. The summed E-state index contributed by atoms with van der Waals surface area (Å²) in [5.74, 6) is -0.627. The van der Waals surface area contributed by atoms with Gasteiger partial charge in [0.1, 0.15) is 5.75 Å². The first-order chi connectivity index (χ1) is 15.0. The highest BCUT2D eigenvalue weighted by Crippen LogP contribution is 2.13. The van der Waals surface area contributed by atoms with Crippen LogP contribution < -0.4 is 10.2 Å². The zero-order chi connectivity index (χ0) is 22.1. The molecular weight excluding hydrogens is 398 g/mol. The van der Waals surface area contributed by atoms with Crippen molar-refractivity contribution in [2.45, 2.75) is 0 Å². The van der Waals surface area contributed by atoms with E-state index in [-0.39, 0.29) is 11.3 Å². The molecule has 0 saturated heterocycles. The summed E-state index contributed by atoms with van der Waals surface area (Å²) < 4.78 is 5.23. The Labute approximate surface area is 177 Å².